The first-order valence-corrected chi connectivity index (χ1v) is 9.37. The smallest absolute Gasteiger partial charge is 0.273 e. The van der Waals surface area contributed by atoms with Crippen molar-refractivity contribution in [1.82, 2.24) is 14.9 Å². The minimum Gasteiger partial charge on any atom is -0.496 e. The molecule has 0 unspecified atom stereocenters. The van der Waals surface area contributed by atoms with Crippen LogP contribution in [0.4, 0.5) is 5.82 Å². The molecule has 1 aliphatic rings. The molecule has 0 saturated heterocycles. The van der Waals surface area contributed by atoms with Crippen molar-refractivity contribution in [2.75, 3.05) is 12.4 Å². The van der Waals surface area contributed by atoms with Crippen molar-refractivity contribution in [3.8, 4) is 5.75 Å². The van der Waals surface area contributed by atoms with Gasteiger partial charge in [-0.1, -0.05) is 18.2 Å². The zero-order chi connectivity index (χ0) is 19.8. The highest BCUT2D eigenvalue weighted by Gasteiger charge is 2.35. The molecule has 0 spiro atoms. The molecule has 0 saturated carbocycles. The Morgan fingerprint density at radius 1 is 1.30 bits per heavy atom. The van der Waals surface area contributed by atoms with E-state index in [2.05, 4.69) is 29.1 Å². The van der Waals surface area contributed by atoms with E-state index in [4.69, 9.17) is 16.3 Å². The second-order valence-corrected chi connectivity index (χ2v) is 8.03. The number of methoxy groups -OCH3 is 1. The first-order chi connectivity index (χ1) is 12.7. The molecule has 1 N–H and O–H groups in total. The lowest BCUT2D eigenvalue weighted by atomic mass is 9.94. The van der Waals surface area contributed by atoms with E-state index < -0.39 is 0 Å². The summed E-state index contributed by atoms with van der Waals surface area (Å²) in [6.07, 6.45) is 0.718. The van der Waals surface area contributed by atoms with E-state index >= 15 is 0 Å². The summed E-state index contributed by atoms with van der Waals surface area (Å²) in [6, 6.07) is 8.02. The molecule has 144 valence electrons. The van der Waals surface area contributed by atoms with E-state index in [9.17, 15) is 4.79 Å². The zero-order valence-electron chi connectivity index (χ0n) is 16.3. The average molecular weight is 389 g/mol. The number of hydrogen-bond donors (Lipinski definition) is 1. The first kappa shape index (κ1) is 19.4. The van der Waals surface area contributed by atoms with Crippen molar-refractivity contribution in [2.45, 2.75) is 52.2 Å². The Bertz CT molecular complexity index is 867. The van der Waals surface area contributed by atoms with Gasteiger partial charge in [-0.15, -0.1) is 0 Å². The number of fused-ring (bicyclic) bond motifs is 1. The van der Waals surface area contributed by atoms with Gasteiger partial charge in [0.25, 0.3) is 5.91 Å². The van der Waals surface area contributed by atoms with Crippen molar-refractivity contribution in [3.63, 3.8) is 0 Å². The first-order valence-electron chi connectivity index (χ1n) is 8.99. The van der Waals surface area contributed by atoms with Gasteiger partial charge < -0.3 is 15.0 Å². The number of nitrogens with one attached hydrogen (secondary N) is 1. The number of carbonyl (C=O) groups excluding carboxylic acids is 1. The van der Waals surface area contributed by atoms with Crippen molar-refractivity contribution in [1.29, 1.82) is 0 Å². The van der Waals surface area contributed by atoms with Crippen LogP contribution in [0.15, 0.2) is 24.3 Å². The van der Waals surface area contributed by atoms with E-state index in [0.29, 0.717) is 18.1 Å². The maximum absolute atomic E-state index is 12.6. The molecule has 2 aromatic rings. The minimum atomic E-state index is -0.339. The Morgan fingerprint density at radius 3 is 2.67 bits per heavy atom. The van der Waals surface area contributed by atoms with Crippen LogP contribution in [-0.2, 0) is 13.0 Å². The number of aromatic nitrogens is 2. The average Bonchev–Trinajstić information content (AvgIpc) is 2.92. The fourth-order valence-electron chi connectivity index (χ4n) is 3.37. The van der Waals surface area contributed by atoms with E-state index in [1.54, 1.807) is 12.0 Å². The van der Waals surface area contributed by atoms with Crippen LogP contribution < -0.4 is 10.1 Å². The van der Waals surface area contributed by atoms with Gasteiger partial charge in [0.2, 0.25) is 5.28 Å². The highest BCUT2D eigenvalue weighted by atomic mass is 35.5. The van der Waals surface area contributed by atoms with Crippen molar-refractivity contribution in [3.05, 3.63) is 46.4 Å². The van der Waals surface area contributed by atoms with Crippen LogP contribution in [0.2, 0.25) is 5.28 Å². The normalized spacial score (nSPS) is 13.9. The second kappa shape index (κ2) is 7.35. The van der Waals surface area contributed by atoms with Gasteiger partial charge in [-0.3, -0.25) is 4.79 Å². The summed E-state index contributed by atoms with van der Waals surface area (Å²) < 4.78 is 5.46. The van der Waals surface area contributed by atoms with Gasteiger partial charge in [-0.25, -0.2) is 9.97 Å². The van der Waals surface area contributed by atoms with Gasteiger partial charge in [0.05, 0.1) is 13.7 Å². The number of amides is 1. The lowest BCUT2D eigenvalue weighted by molar-refractivity contribution is 0.0726. The minimum absolute atomic E-state index is 0.0725. The molecule has 0 aliphatic carbocycles. The predicted molar refractivity (Wildman–Crippen MR) is 106 cm³/mol. The molecule has 6 nitrogen and oxygen atoms in total. The molecule has 27 heavy (non-hydrogen) atoms. The van der Waals surface area contributed by atoms with Gasteiger partial charge in [0.1, 0.15) is 17.3 Å². The third-order valence-electron chi connectivity index (χ3n) is 4.68. The monoisotopic (exact) mass is 388 g/mol. The van der Waals surface area contributed by atoms with Gasteiger partial charge >= 0.3 is 0 Å². The van der Waals surface area contributed by atoms with Gasteiger partial charge in [0.15, 0.2) is 0 Å². The molecule has 0 radical (unpaired) electrons. The van der Waals surface area contributed by atoms with E-state index in [1.165, 1.54) is 0 Å². The summed E-state index contributed by atoms with van der Waals surface area (Å²) in [5.41, 5.74) is 1.94. The maximum Gasteiger partial charge on any atom is 0.273 e. The quantitative estimate of drug-likeness (QED) is 0.759. The number of para-hydroxylation sites is 1. The molecule has 1 aromatic carbocycles. The Morgan fingerprint density at radius 2 is 2.00 bits per heavy atom. The van der Waals surface area contributed by atoms with Gasteiger partial charge in [-0.05, 0) is 57.3 Å². The van der Waals surface area contributed by atoms with Crippen LogP contribution in [0.5, 0.6) is 5.75 Å². The molecule has 3 rings (SSSR count). The highest BCUT2D eigenvalue weighted by molar-refractivity contribution is 6.28. The summed E-state index contributed by atoms with van der Waals surface area (Å²) in [6.45, 7) is 8.61. The molecule has 1 aromatic heterocycles. The van der Waals surface area contributed by atoms with Crippen molar-refractivity contribution in [2.24, 2.45) is 0 Å². The van der Waals surface area contributed by atoms with Gasteiger partial charge in [0, 0.05) is 17.1 Å². The Kier molecular flexibility index (Phi) is 5.29. The number of nitrogens with zero attached hydrogens (tertiary/aromatic N) is 3. The molecule has 1 amide bonds. The van der Waals surface area contributed by atoms with Crippen LogP contribution >= 0.6 is 11.6 Å². The molecule has 2 heterocycles. The van der Waals surface area contributed by atoms with Crippen LogP contribution in [0, 0.1) is 0 Å². The predicted octanol–water partition coefficient (Wildman–Crippen LogP) is 3.94. The Balaban J connectivity index is 1.90. The van der Waals surface area contributed by atoms with Gasteiger partial charge in [-0.2, -0.15) is 0 Å². The number of ether oxygens (including phenoxy) is 1. The summed E-state index contributed by atoms with van der Waals surface area (Å²) >= 11 is 6.10. The third kappa shape index (κ3) is 4.00. The number of benzene rings is 1. The molecule has 0 fully saturated rings. The van der Waals surface area contributed by atoms with E-state index in [0.717, 1.165) is 23.3 Å². The number of rotatable bonds is 6. The molecule has 0 atom stereocenters. The summed E-state index contributed by atoms with van der Waals surface area (Å²) in [7, 11) is 1.67. The van der Waals surface area contributed by atoms with Crippen molar-refractivity contribution < 1.29 is 9.53 Å². The maximum atomic E-state index is 12.6. The van der Waals surface area contributed by atoms with Crippen LogP contribution in [0.1, 0.15) is 49.3 Å². The summed E-state index contributed by atoms with van der Waals surface area (Å²) in [4.78, 5) is 22.9. The largest absolute Gasteiger partial charge is 0.496 e. The zero-order valence-corrected chi connectivity index (χ0v) is 17.1. The van der Waals surface area contributed by atoms with Crippen molar-refractivity contribution >= 4 is 23.3 Å². The second-order valence-electron chi connectivity index (χ2n) is 7.69. The number of hydrogen-bond acceptors (Lipinski definition) is 5. The summed E-state index contributed by atoms with van der Waals surface area (Å²) in [5.74, 6) is 1.36. The summed E-state index contributed by atoms with van der Waals surface area (Å²) in [5, 5.41) is 3.54. The topological polar surface area (TPSA) is 67.3 Å². The Labute approximate surface area is 164 Å². The third-order valence-corrected chi connectivity index (χ3v) is 4.85. The fourth-order valence-corrected chi connectivity index (χ4v) is 3.54. The lowest BCUT2D eigenvalue weighted by Gasteiger charge is -2.29. The number of anilines is 1. The highest BCUT2D eigenvalue weighted by Crippen LogP contribution is 2.32. The lowest BCUT2D eigenvalue weighted by Crippen LogP contribution is -2.34. The molecule has 7 heteroatoms. The SMILES string of the molecule is COc1ccccc1CC(C)(C)Nc1nc(Cl)nc2c1CN(C(C)C)C2=O. The van der Waals surface area contributed by atoms with Crippen LogP contribution in [0.25, 0.3) is 0 Å². The molecular formula is C20H25ClN4O2. The van der Waals surface area contributed by atoms with Crippen LogP contribution in [0.3, 0.4) is 0 Å². The Hall–Kier alpha value is -2.34. The fraction of sp³-hybridized carbons (Fsp3) is 0.450. The molecular weight excluding hydrogens is 364 g/mol. The standard InChI is InChI=1S/C20H25ClN4O2/c1-12(2)25-11-14-16(18(25)26)22-19(21)23-17(14)24-20(3,4)10-13-8-6-7-9-15(13)27-5/h6-9,12H,10-11H2,1-5H3,(H,22,23,24). The van der Waals surface area contributed by atoms with E-state index in [1.807, 2.05) is 38.1 Å². The van der Waals surface area contributed by atoms with Crippen LogP contribution in [-0.4, -0.2) is 39.5 Å². The number of halogens is 1. The number of carbonyl (C=O) groups is 1. The molecule has 1 aliphatic heterocycles. The van der Waals surface area contributed by atoms with E-state index in [-0.39, 0.29) is 22.8 Å². The molecule has 0 bridgehead atoms.